The van der Waals surface area contributed by atoms with Crippen molar-refractivity contribution in [3.05, 3.63) is 29.3 Å². The van der Waals surface area contributed by atoms with Gasteiger partial charge in [-0.3, -0.25) is 4.99 Å². The number of nitrogens with zero attached hydrogens (tertiary/aromatic N) is 1. The third-order valence-corrected chi connectivity index (χ3v) is 5.48. The van der Waals surface area contributed by atoms with Crippen LogP contribution < -0.4 is 11.1 Å². The summed E-state index contributed by atoms with van der Waals surface area (Å²) in [6, 6.07) is 6.01. The normalized spacial score (nSPS) is 17.9. The van der Waals surface area contributed by atoms with Crippen LogP contribution >= 0.6 is 0 Å². The molecule has 0 saturated heterocycles. The van der Waals surface area contributed by atoms with E-state index in [2.05, 4.69) is 17.2 Å². The molecule has 1 aliphatic carbocycles. The topological polar surface area (TPSA) is 84.5 Å². The monoisotopic (exact) mass is 323 g/mol. The van der Waals surface area contributed by atoms with E-state index in [9.17, 15) is 8.42 Å². The summed E-state index contributed by atoms with van der Waals surface area (Å²) in [6.45, 7) is 4.56. The number of guanidine groups is 1. The standard InChI is InChI=1S/C16H25N3O2S/c1-12-5-6-14(9-13(12)2)19-15(17)18-10-16(7-4-8-16)11-22(3,20)21/h5-6,9H,4,7-8,10-11H2,1-3H3,(H3,17,18,19). The number of hydrogen-bond donors (Lipinski definition) is 2. The van der Waals surface area contributed by atoms with Gasteiger partial charge in [-0.2, -0.15) is 0 Å². The molecule has 2 rings (SSSR count). The van der Waals surface area contributed by atoms with Crippen LogP contribution in [0, 0.1) is 19.3 Å². The van der Waals surface area contributed by atoms with Crippen molar-refractivity contribution in [2.45, 2.75) is 33.1 Å². The van der Waals surface area contributed by atoms with Crippen LogP contribution in [0.5, 0.6) is 0 Å². The number of hydrogen-bond acceptors (Lipinski definition) is 3. The molecule has 1 aliphatic rings. The first kappa shape index (κ1) is 16.8. The number of benzene rings is 1. The summed E-state index contributed by atoms with van der Waals surface area (Å²) in [7, 11) is -2.99. The molecule has 0 aromatic heterocycles. The number of rotatable bonds is 5. The molecule has 6 heteroatoms. The zero-order valence-electron chi connectivity index (χ0n) is 13.5. The van der Waals surface area contributed by atoms with Crippen LogP contribution in [-0.2, 0) is 9.84 Å². The third-order valence-electron chi connectivity index (χ3n) is 4.35. The molecule has 0 atom stereocenters. The molecule has 122 valence electrons. The van der Waals surface area contributed by atoms with E-state index in [0.29, 0.717) is 12.5 Å². The van der Waals surface area contributed by atoms with E-state index in [4.69, 9.17) is 5.73 Å². The number of anilines is 1. The van der Waals surface area contributed by atoms with Crippen molar-refractivity contribution in [2.24, 2.45) is 16.1 Å². The van der Waals surface area contributed by atoms with Gasteiger partial charge in [0.15, 0.2) is 5.96 Å². The Morgan fingerprint density at radius 2 is 2.00 bits per heavy atom. The van der Waals surface area contributed by atoms with E-state index in [1.165, 1.54) is 17.4 Å². The summed E-state index contributed by atoms with van der Waals surface area (Å²) in [5, 5.41) is 3.07. The molecule has 1 fully saturated rings. The Balaban J connectivity index is 2.01. The quantitative estimate of drug-likeness (QED) is 0.643. The minimum atomic E-state index is -2.99. The number of aliphatic imine (C=N–C) groups is 1. The van der Waals surface area contributed by atoms with Gasteiger partial charge in [0, 0.05) is 23.9 Å². The van der Waals surface area contributed by atoms with E-state index in [0.717, 1.165) is 24.9 Å². The minimum absolute atomic E-state index is 0.195. The first-order chi connectivity index (χ1) is 10.2. The molecule has 0 radical (unpaired) electrons. The largest absolute Gasteiger partial charge is 0.370 e. The predicted molar refractivity (Wildman–Crippen MR) is 92.0 cm³/mol. The third kappa shape index (κ3) is 4.47. The zero-order valence-corrected chi connectivity index (χ0v) is 14.3. The van der Waals surface area contributed by atoms with Crippen LogP contribution in [0.1, 0.15) is 30.4 Å². The smallest absolute Gasteiger partial charge is 0.193 e. The van der Waals surface area contributed by atoms with Gasteiger partial charge >= 0.3 is 0 Å². The fraction of sp³-hybridized carbons (Fsp3) is 0.562. The highest BCUT2D eigenvalue weighted by Crippen LogP contribution is 2.42. The number of aryl methyl sites for hydroxylation is 2. The van der Waals surface area contributed by atoms with Crippen molar-refractivity contribution in [3.63, 3.8) is 0 Å². The summed E-state index contributed by atoms with van der Waals surface area (Å²) in [6.07, 6.45) is 4.16. The van der Waals surface area contributed by atoms with Crippen LogP contribution in [0.25, 0.3) is 0 Å². The molecule has 0 unspecified atom stereocenters. The van der Waals surface area contributed by atoms with Gasteiger partial charge in [-0.1, -0.05) is 12.5 Å². The molecule has 22 heavy (non-hydrogen) atoms. The zero-order chi connectivity index (χ0) is 16.4. The molecule has 3 N–H and O–H groups in total. The summed E-state index contributed by atoms with van der Waals surface area (Å²) < 4.78 is 23.1. The van der Waals surface area contributed by atoms with Crippen LogP contribution in [0.2, 0.25) is 0 Å². The Morgan fingerprint density at radius 3 is 2.50 bits per heavy atom. The summed E-state index contributed by atoms with van der Waals surface area (Å²) in [5.74, 6) is 0.531. The van der Waals surface area contributed by atoms with Crippen LogP contribution in [0.15, 0.2) is 23.2 Å². The highest BCUT2D eigenvalue weighted by atomic mass is 32.2. The van der Waals surface area contributed by atoms with E-state index in [1.54, 1.807) is 0 Å². The lowest BCUT2D eigenvalue weighted by Crippen LogP contribution is -2.40. The fourth-order valence-electron chi connectivity index (χ4n) is 2.84. The second-order valence-corrected chi connectivity index (χ2v) is 8.69. The van der Waals surface area contributed by atoms with Crippen molar-refractivity contribution >= 4 is 21.5 Å². The molecular formula is C16H25N3O2S. The van der Waals surface area contributed by atoms with Gasteiger partial charge < -0.3 is 11.1 Å². The number of nitrogens with one attached hydrogen (secondary N) is 1. The second-order valence-electron chi connectivity index (χ2n) is 6.55. The van der Waals surface area contributed by atoms with Gasteiger partial charge in [-0.15, -0.1) is 0 Å². The SMILES string of the molecule is Cc1ccc(NC(N)=NCC2(CS(C)(=O)=O)CCC2)cc1C. The van der Waals surface area contributed by atoms with Gasteiger partial charge in [-0.25, -0.2) is 8.42 Å². The van der Waals surface area contributed by atoms with Crippen molar-refractivity contribution < 1.29 is 8.42 Å². The van der Waals surface area contributed by atoms with Crippen molar-refractivity contribution in [1.82, 2.24) is 0 Å². The van der Waals surface area contributed by atoms with Crippen molar-refractivity contribution in [2.75, 3.05) is 23.9 Å². The molecular weight excluding hydrogens is 298 g/mol. The maximum Gasteiger partial charge on any atom is 0.193 e. The lowest BCUT2D eigenvalue weighted by Gasteiger charge is -2.40. The first-order valence-corrected chi connectivity index (χ1v) is 9.57. The van der Waals surface area contributed by atoms with E-state index in [-0.39, 0.29) is 11.2 Å². The molecule has 1 saturated carbocycles. The lowest BCUT2D eigenvalue weighted by atomic mass is 9.70. The highest BCUT2D eigenvalue weighted by Gasteiger charge is 2.39. The van der Waals surface area contributed by atoms with Crippen molar-refractivity contribution in [1.29, 1.82) is 0 Å². The number of sulfone groups is 1. The lowest BCUT2D eigenvalue weighted by molar-refractivity contribution is 0.177. The molecule has 1 aromatic rings. The molecule has 5 nitrogen and oxygen atoms in total. The molecule has 0 spiro atoms. The molecule has 1 aromatic carbocycles. The summed E-state index contributed by atoms with van der Waals surface area (Å²) in [4.78, 5) is 4.37. The Kier molecular flexibility index (Phi) is 4.80. The Labute approximate surface area is 132 Å². The number of nitrogens with two attached hydrogens (primary N) is 1. The Morgan fingerprint density at radius 1 is 1.32 bits per heavy atom. The van der Waals surface area contributed by atoms with E-state index < -0.39 is 9.84 Å². The van der Waals surface area contributed by atoms with Crippen LogP contribution in [0.4, 0.5) is 5.69 Å². The Hall–Kier alpha value is -1.56. The van der Waals surface area contributed by atoms with E-state index >= 15 is 0 Å². The van der Waals surface area contributed by atoms with Crippen LogP contribution in [0.3, 0.4) is 0 Å². The second kappa shape index (κ2) is 6.28. The van der Waals surface area contributed by atoms with Gasteiger partial charge in [-0.05, 0) is 49.9 Å². The van der Waals surface area contributed by atoms with Crippen LogP contribution in [-0.4, -0.2) is 32.9 Å². The Bertz CT molecular complexity index is 677. The minimum Gasteiger partial charge on any atom is -0.370 e. The fourth-order valence-corrected chi connectivity index (χ4v) is 4.33. The van der Waals surface area contributed by atoms with E-state index in [1.807, 2.05) is 25.1 Å². The van der Waals surface area contributed by atoms with Gasteiger partial charge in [0.2, 0.25) is 0 Å². The predicted octanol–water partition coefficient (Wildman–Crippen LogP) is 2.24. The molecule has 0 aliphatic heterocycles. The molecule has 0 bridgehead atoms. The summed E-state index contributed by atoms with van der Waals surface area (Å²) >= 11 is 0. The van der Waals surface area contributed by atoms with Crippen molar-refractivity contribution in [3.8, 4) is 0 Å². The maximum absolute atomic E-state index is 11.5. The maximum atomic E-state index is 11.5. The van der Waals surface area contributed by atoms with Gasteiger partial charge in [0.25, 0.3) is 0 Å². The molecule has 0 heterocycles. The average Bonchev–Trinajstić information content (AvgIpc) is 2.36. The summed E-state index contributed by atoms with van der Waals surface area (Å²) in [5.41, 5.74) is 9.02. The average molecular weight is 323 g/mol. The first-order valence-electron chi connectivity index (χ1n) is 7.51. The molecule has 0 amide bonds. The highest BCUT2D eigenvalue weighted by molar-refractivity contribution is 7.90. The van der Waals surface area contributed by atoms with Gasteiger partial charge in [0.1, 0.15) is 9.84 Å². The van der Waals surface area contributed by atoms with Gasteiger partial charge in [0.05, 0.1) is 5.75 Å².